The third kappa shape index (κ3) is 4.86. The number of hydrogen-bond donors (Lipinski definition) is 1. The van der Waals surface area contributed by atoms with Gasteiger partial charge in [0.1, 0.15) is 0 Å². The van der Waals surface area contributed by atoms with E-state index in [1.165, 1.54) is 17.7 Å². The molecule has 0 aliphatic carbocycles. The minimum atomic E-state index is 0.276. The van der Waals surface area contributed by atoms with Gasteiger partial charge in [0.15, 0.2) is 0 Å². The first kappa shape index (κ1) is 14.0. The molecule has 1 N–H and O–H groups in total. The summed E-state index contributed by atoms with van der Waals surface area (Å²) in [7, 11) is 0. The first-order valence-electron chi connectivity index (χ1n) is 6.15. The van der Waals surface area contributed by atoms with E-state index < -0.39 is 0 Å². The standard InChI is InChI=1S/C13H22ClNS/c1-3-11(4-2)13(14)10-15-8-7-12-6-5-9-16-12/h5-6,9,11,13,15H,3-4,7-8,10H2,1-2H3. The quantitative estimate of drug-likeness (QED) is 0.551. The fourth-order valence-electron chi connectivity index (χ4n) is 1.87. The van der Waals surface area contributed by atoms with Crippen molar-refractivity contribution in [3.63, 3.8) is 0 Å². The molecule has 1 nitrogen and oxygen atoms in total. The third-order valence-corrected chi connectivity index (χ3v) is 4.47. The smallest absolute Gasteiger partial charge is 0.0488 e. The van der Waals surface area contributed by atoms with E-state index in [0.29, 0.717) is 5.92 Å². The van der Waals surface area contributed by atoms with Gasteiger partial charge in [-0.3, -0.25) is 0 Å². The highest BCUT2D eigenvalue weighted by Gasteiger charge is 2.14. The predicted molar refractivity (Wildman–Crippen MR) is 74.6 cm³/mol. The highest BCUT2D eigenvalue weighted by atomic mass is 35.5. The Morgan fingerprint density at radius 2 is 2.12 bits per heavy atom. The Hall–Kier alpha value is -0.0500. The van der Waals surface area contributed by atoms with Crippen molar-refractivity contribution in [1.82, 2.24) is 5.32 Å². The Labute approximate surface area is 108 Å². The van der Waals surface area contributed by atoms with Gasteiger partial charge in [-0.05, 0) is 23.8 Å². The Morgan fingerprint density at radius 3 is 2.69 bits per heavy atom. The molecule has 3 heteroatoms. The molecular formula is C13H22ClNS. The van der Waals surface area contributed by atoms with Crippen molar-refractivity contribution in [2.45, 2.75) is 38.5 Å². The maximum atomic E-state index is 6.35. The average molecular weight is 260 g/mol. The summed E-state index contributed by atoms with van der Waals surface area (Å²) in [5.41, 5.74) is 0. The number of halogens is 1. The van der Waals surface area contributed by atoms with Crippen LogP contribution < -0.4 is 5.32 Å². The molecule has 0 fully saturated rings. The molecular weight excluding hydrogens is 238 g/mol. The molecule has 1 rings (SSSR count). The first-order chi connectivity index (χ1) is 7.77. The Bertz CT molecular complexity index is 257. The molecule has 1 atom stereocenters. The highest BCUT2D eigenvalue weighted by molar-refractivity contribution is 7.09. The number of rotatable bonds is 8. The summed E-state index contributed by atoms with van der Waals surface area (Å²) in [6.45, 7) is 6.40. The molecule has 0 aliphatic rings. The van der Waals surface area contributed by atoms with Crippen molar-refractivity contribution in [3.8, 4) is 0 Å². The summed E-state index contributed by atoms with van der Waals surface area (Å²) >= 11 is 8.17. The van der Waals surface area contributed by atoms with Crippen LogP contribution >= 0.6 is 22.9 Å². The van der Waals surface area contributed by atoms with Crippen LogP contribution in [0.25, 0.3) is 0 Å². The summed E-state index contributed by atoms with van der Waals surface area (Å²) in [6, 6.07) is 4.29. The normalized spacial score (nSPS) is 13.2. The summed E-state index contributed by atoms with van der Waals surface area (Å²) in [6.07, 6.45) is 3.47. The van der Waals surface area contributed by atoms with Crippen molar-refractivity contribution in [2.24, 2.45) is 5.92 Å². The molecule has 0 bridgehead atoms. The molecule has 1 aromatic rings. The van der Waals surface area contributed by atoms with Crippen LogP contribution in [0.2, 0.25) is 0 Å². The highest BCUT2D eigenvalue weighted by Crippen LogP contribution is 2.17. The zero-order chi connectivity index (χ0) is 11.8. The zero-order valence-corrected chi connectivity index (χ0v) is 11.8. The summed E-state index contributed by atoms with van der Waals surface area (Å²) < 4.78 is 0. The second kappa shape index (κ2) is 8.10. The summed E-state index contributed by atoms with van der Waals surface area (Å²) in [5, 5.41) is 5.85. The van der Waals surface area contributed by atoms with Crippen LogP contribution in [0.3, 0.4) is 0 Å². The number of thiophene rings is 1. The summed E-state index contributed by atoms with van der Waals surface area (Å²) in [5.74, 6) is 0.649. The van der Waals surface area contributed by atoms with Gasteiger partial charge in [0.2, 0.25) is 0 Å². The minimum absolute atomic E-state index is 0.276. The van der Waals surface area contributed by atoms with Gasteiger partial charge in [-0.1, -0.05) is 32.8 Å². The molecule has 0 saturated heterocycles. The van der Waals surface area contributed by atoms with Gasteiger partial charge in [0, 0.05) is 23.3 Å². The second-order valence-electron chi connectivity index (χ2n) is 4.13. The lowest BCUT2D eigenvalue weighted by Gasteiger charge is -2.19. The molecule has 0 saturated carbocycles. The maximum Gasteiger partial charge on any atom is 0.0488 e. The molecule has 0 aliphatic heterocycles. The molecule has 0 amide bonds. The van der Waals surface area contributed by atoms with Crippen LogP contribution in [0.5, 0.6) is 0 Å². The van der Waals surface area contributed by atoms with Gasteiger partial charge < -0.3 is 5.32 Å². The van der Waals surface area contributed by atoms with E-state index in [-0.39, 0.29) is 5.38 Å². The van der Waals surface area contributed by atoms with Crippen LogP contribution in [-0.2, 0) is 6.42 Å². The lowest BCUT2D eigenvalue weighted by atomic mass is 9.99. The van der Waals surface area contributed by atoms with Crippen LogP contribution in [-0.4, -0.2) is 18.5 Å². The van der Waals surface area contributed by atoms with E-state index >= 15 is 0 Å². The minimum Gasteiger partial charge on any atom is -0.315 e. The first-order valence-corrected chi connectivity index (χ1v) is 7.46. The molecule has 1 aromatic heterocycles. The molecule has 0 aromatic carbocycles. The lowest BCUT2D eigenvalue weighted by molar-refractivity contribution is 0.447. The average Bonchev–Trinajstić information content (AvgIpc) is 2.79. The fourth-order valence-corrected chi connectivity index (χ4v) is 3.05. The molecule has 1 unspecified atom stereocenters. The number of alkyl halides is 1. The Kier molecular flexibility index (Phi) is 7.10. The van der Waals surface area contributed by atoms with Gasteiger partial charge in [0.25, 0.3) is 0 Å². The van der Waals surface area contributed by atoms with Gasteiger partial charge in [-0.2, -0.15) is 0 Å². The lowest BCUT2D eigenvalue weighted by Crippen LogP contribution is -2.29. The molecule has 0 spiro atoms. The van der Waals surface area contributed by atoms with Crippen molar-refractivity contribution in [3.05, 3.63) is 22.4 Å². The topological polar surface area (TPSA) is 12.0 Å². The monoisotopic (exact) mass is 259 g/mol. The van der Waals surface area contributed by atoms with Crippen molar-refractivity contribution in [1.29, 1.82) is 0 Å². The Morgan fingerprint density at radius 1 is 1.38 bits per heavy atom. The fraction of sp³-hybridized carbons (Fsp3) is 0.692. The van der Waals surface area contributed by atoms with E-state index in [0.717, 1.165) is 19.5 Å². The van der Waals surface area contributed by atoms with Crippen molar-refractivity contribution < 1.29 is 0 Å². The van der Waals surface area contributed by atoms with Gasteiger partial charge in [0.05, 0.1) is 0 Å². The van der Waals surface area contributed by atoms with Crippen molar-refractivity contribution >= 4 is 22.9 Å². The van der Waals surface area contributed by atoms with Crippen LogP contribution in [0.4, 0.5) is 0 Å². The summed E-state index contributed by atoms with van der Waals surface area (Å²) in [4.78, 5) is 1.45. The molecule has 92 valence electrons. The van der Waals surface area contributed by atoms with Crippen LogP contribution in [0.15, 0.2) is 17.5 Å². The molecule has 16 heavy (non-hydrogen) atoms. The van der Waals surface area contributed by atoms with E-state index in [4.69, 9.17) is 11.6 Å². The maximum absolute atomic E-state index is 6.35. The zero-order valence-electron chi connectivity index (χ0n) is 10.2. The predicted octanol–water partition coefficient (Wildman–Crippen LogP) is 3.92. The second-order valence-corrected chi connectivity index (χ2v) is 5.72. The van der Waals surface area contributed by atoms with E-state index in [9.17, 15) is 0 Å². The van der Waals surface area contributed by atoms with Gasteiger partial charge >= 0.3 is 0 Å². The largest absolute Gasteiger partial charge is 0.315 e. The van der Waals surface area contributed by atoms with E-state index in [1.807, 2.05) is 11.3 Å². The van der Waals surface area contributed by atoms with E-state index in [1.54, 1.807) is 0 Å². The Balaban J connectivity index is 2.10. The SMILES string of the molecule is CCC(CC)C(Cl)CNCCc1cccs1. The van der Waals surface area contributed by atoms with Gasteiger partial charge in [-0.25, -0.2) is 0 Å². The van der Waals surface area contributed by atoms with E-state index in [2.05, 4.69) is 36.7 Å². The van der Waals surface area contributed by atoms with Crippen LogP contribution in [0, 0.1) is 5.92 Å². The molecule has 1 heterocycles. The number of nitrogens with one attached hydrogen (secondary N) is 1. The number of hydrogen-bond acceptors (Lipinski definition) is 2. The molecule has 0 radical (unpaired) electrons. The van der Waals surface area contributed by atoms with Crippen LogP contribution in [0.1, 0.15) is 31.6 Å². The van der Waals surface area contributed by atoms with Gasteiger partial charge in [-0.15, -0.1) is 22.9 Å². The third-order valence-electron chi connectivity index (χ3n) is 3.03. The van der Waals surface area contributed by atoms with Crippen molar-refractivity contribution in [2.75, 3.05) is 13.1 Å².